The molecule has 0 aliphatic carbocycles. The monoisotopic (exact) mass is 250 g/mol. The van der Waals surface area contributed by atoms with Gasteiger partial charge in [-0.05, 0) is 25.7 Å². The van der Waals surface area contributed by atoms with E-state index in [1.807, 2.05) is 24.3 Å². The van der Waals surface area contributed by atoms with Gasteiger partial charge in [-0.3, -0.25) is 4.99 Å². The highest BCUT2D eigenvalue weighted by molar-refractivity contribution is 5.93. The Morgan fingerprint density at radius 1 is 1.44 bits per heavy atom. The normalized spacial score (nSPS) is 11.7. The number of guanidine groups is 1. The van der Waals surface area contributed by atoms with E-state index in [2.05, 4.69) is 29.2 Å². The van der Waals surface area contributed by atoms with Crippen molar-refractivity contribution in [1.29, 1.82) is 0 Å². The minimum atomic E-state index is 0.406. The lowest BCUT2D eigenvalue weighted by Crippen LogP contribution is -2.26. The van der Waals surface area contributed by atoms with Crippen LogP contribution in [0.5, 0.6) is 5.75 Å². The van der Waals surface area contributed by atoms with E-state index < -0.39 is 0 Å². The van der Waals surface area contributed by atoms with Gasteiger partial charge in [0.2, 0.25) is 0 Å². The van der Waals surface area contributed by atoms with Gasteiger partial charge in [0.05, 0.1) is 19.3 Å². The van der Waals surface area contributed by atoms with E-state index in [0.717, 1.165) is 24.5 Å². The number of hydrogen-bond acceptors (Lipinski definition) is 3. The van der Waals surface area contributed by atoms with Gasteiger partial charge in [-0.25, -0.2) is 0 Å². The lowest BCUT2D eigenvalue weighted by molar-refractivity contribution is 0.363. The van der Waals surface area contributed by atoms with Gasteiger partial charge in [-0.2, -0.15) is 0 Å². The summed E-state index contributed by atoms with van der Waals surface area (Å²) in [5.74, 6) is 1.16. The first-order valence-electron chi connectivity index (χ1n) is 6.06. The highest BCUT2D eigenvalue weighted by Gasteiger charge is 2.02. The Bertz CT molecular complexity index is 392. The third-order valence-corrected chi connectivity index (χ3v) is 2.67. The molecule has 0 fully saturated rings. The molecular weight excluding hydrogens is 228 g/mol. The van der Waals surface area contributed by atoms with Crippen molar-refractivity contribution in [2.75, 3.05) is 39.1 Å². The second-order valence-electron chi connectivity index (χ2n) is 3.99. The van der Waals surface area contributed by atoms with Crippen molar-refractivity contribution in [2.45, 2.75) is 6.92 Å². The highest BCUT2D eigenvalue weighted by Crippen LogP contribution is 2.22. The standard InChI is InChI=1S/C13H22N4O/c1-4-17(2)10-9-15-13(14)16-11-7-5-6-8-12(11)18-3/h5-8H,4,9-10H2,1-3H3,(H3,14,15,16). The maximum Gasteiger partial charge on any atom is 0.193 e. The van der Waals surface area contributed by atoms with E-state index >= 15 is 0 Å². The fourth-order valence-electron chi connectivity index (χ4n) is 1.42. The van der Waals surface area contributed by atoms with Crippen molar-refractivity contribution >= 4 is 11.6 Å². The summed E-state index contributed by atoms with van der Waals surface area (Å²) < 4.78 is 5.23. The molecule has 0 amide bonds. The molecule has 3 N–H and O–H groups in total. The molecule has 0 heterocycles. The van der Waals surface area contributed by atoms with Gasteiger partial charge in [0, 0.05) is 6.54 Å². The number of benzene rings is 1. The number of rotatable bonds is 6. The summed E-state index contributed by atoms with van der Waals surface area (Å²) in [7, 11) is 3.68. The van der Waals surface area contributed by atoms with E-state index in [4.69, 9.17) is 10.5 Å². The zero-order valence-corrected chi connectivity index (χ0v) is 11.3. The summed E-state index contributed by atoms with van der Waals surface area (Å²) in [6.45, 7) is 4.69. The molecule has 0 atom stereocenters. The van der Waals surface area contributed by atoms with E-state index in [-0.39, 0.29) is 0 Å². The van der Waals surface area contributed by atoms with Crippen molar-refractivity contribution in [3.63, 3.8) is 0 Å². The van der Waals surface area contributed by atoms with Crippen molar-refractivity contribution in [1.82, 2.24) is 4.90 Å². The molecule has 100 valence electrons. The van der Waals surface area contributed by atoms with Crippen LogP contribution in [-0.4, -0.2) is 44.7 Å². The Labute approximate surface area is 109 Å². The van der Waals surface area contributed by atoms with Crippen molar-refractivity contribution in [3.05, 3.63) is 24.3 Å². The Balaban J connectivity index is 2.53. The van der Waals surface area contributed by atoms with Gasteiger partial charge in [0.25, 0.3) is 0 Å². The molecule has 1 aromatic carbocycles. The van der Waals surface area contributed by atoms with Gasteiger partial charge in [0.1, 0.15) is 5.75 Å². The minimum absolute atomic E-state index is 0.406. The average Bonchev–Trinajstić information content (AvgIpc) is 2.39. The number of likely N-dealkylation sites (N-methyl/N-ethyl adjacent to an activating group) is 1. The molecule has 18 heavy (non-hydrogen) atoms. The molecule has 0 radical (unpaired) electrons. The molecule has 0 aliphatic rings. The number of methoxy groups -OCH3 is 1. The van der Waals surface area contributed by atoms with Crippen LogP contribution in [0.25, 0.3) is 0 Å². The molecular formula is C13H22N4O. The van der Waals surface area contributed by atoms with Crippen LogP contribution in [0.3, 0.4) is 0 Å². The number of hydrogen-bond donors (Lipinski definition) is 2. The molecule has 0 spiro atoms. The van der Waals surface area contributed by atoms with Crippen LogP contribution in [0.2, 0.25) is 0 Å². The minimum Gasteiger partial charge on any atom is -0.495 e. The first-order chi connectivity index (χ1) is 8.67. The van der Waals surface area contributed by atoms with Gasteiger partial charge in [0.15, 0.2) is 5.96 Å². The third-order valence-electron chi connectivity index (χ3n) is 2.67. The largest absolute Gasteiger partial charge is 0.495 e. The number of ether oxygens (including phenoxy) is 1. The molecule has 1 rings (SSSR count). The number of nitrogens with one attached hydrogen (secondary N) is 1. The van der Waals surface area contributed by atoms with Crippen molar-refractivity contribution in [2.24, 2.45) is 10.7 Å². The molecule has 0 bridgehead atoms. The van der Waals surface area contributed by atoms with Gasteiger partial charge < -0.3 is 20.7 Å². The second kappa shape index (κ2) is 7.55. The topological polar surface area (TPSA) is 62.9 Å². The van der Waals surface area contributed by atoms with Crippen LogP contribution < -0.4 is 15.8 Å². The summed E-state index contributed by atoms with van der Waals surface area (Å²) in [5.41, 5.74) is 6.65. The molecule has 0 aromatic heterocycles. The molecule has 0 saturated heterocycles. The summed E-state index contributed by atoms with van der Waals surface area (Å²) in [4.78, 5) is 6.45. The van der Waals surface area contributed by atoms with Crippen LogP contribution in [0.15, 0.2) is 29.3 Å². The van der Waals surface area contributed by atoms with Crippen LogP contribution in [0, 0.1) is 0 Å². The van der Waals surface area contributed by atoms with Crippen LogP contribution in [-0.2, 0) is 0 Å². The Kier molecular flexibility index (Phi) is 6.00. The smallest absolute Gasteiger partial charge is 0.193 e. The number of nitrogens with zero attached hydrogens (tertiary/aromatic N) is 2. The van der Waals surface area contributed by atoms with Gasteiger partial charge >= 0.3 is 0 Å². The highest BCUT2D eigenvalue weighted by atomic mass is 16.5. The number of anilines is 1. The van der Waals surface area contributed by atoms with Crippen molar-refractivity contribution in [3.8, 4) is 5.75 Å². The Morgan fingerprint density at radius 3 is 2.83 bits per heavy atom. The van der Waals surface area contributed by atoms with Crippen LogP contribution >= 0.6 is 0 Å². The average molecular weight is 250 g/mol. The zero-order chi connectivity index (χ0) is 13.4. The van der Waals surface area contributed by atoms with Crippen molar-refractivity contribution < 1.29 is 4.74 Å². The molecule has 5 heteroatoms. The second-order valence-corrected chi connectivity index (χ2v) is 3.99. The molecule has 0 unspecified atom stereocenters. The maximum atomic E-state index is 5.82. The maximum absolute atomic E-state index is 5.82. The summed E-state index contributed by atoms with van der Waals surface area (Å²) in [6, 6.07) is 7.61. The summed E-state index contributed by atoms with van der Waals surface area (Å²) in [6.07, 6.45) is 0. The zero-order valence-electron chi connectivity index (χ0n) is 11.3. The quantitative estimate of drug-likeness (QED) is 0.591. The number of nitrogens with two attached hydrogens (primary N) is 1. The van der Waals surface area contributed by atoms with Crippen LogP contribution in [0.4, 0.5) is 5.69 Å². The SMILES string of the molecule is CCN(C)CCN=C(N)Nc1ccccc1OC. The first-order valence-corrected chi connectivity index (χ1v) is 6.06. The van der Waals surface area contributed by atoms with Crippen LogP contribution in [0.1, 0.15) is 6.92 Å². The summed E-state index contributed by atoms with van der Waals surface area (Å²) in [5, 5.41) is 3.04. The lowest BCUT2D eigenvalue weighted by atomic mass is 10.3. The van der Waals surface area contributed by atoms with Gasteiger partial charge in [-0.15, -0.1) is 0 Å². The van der Waals surface area contributed by atoms with E-state index in [9.17, 15) is 0 Å². The first kappa shape index (κ1) is 14.3. The van der Waals surface area contributed by atoms with Gasteiger partial charge in [-0.1, -0.05) is 19.1 Å². The molecule has 1 aromatic rings. The molecule has 5 nitrogen and oxygen atoms in total. The predicted molar refractivity (Wildman–Crippen MR) is 76.3 cm³/mol. The number of aliphatic imine (C=N–C) groups is 1. The number of para-hydroxylation sites is 2. The van der Waals surface area contributed by atoms with E-state index in [1.54, 1.807) is 7.11 Å². The Morgan fingerprint density at radius 2 is 2.17 bits per heavy atom. The molecule has 0 saturated carbocycles. The fourth-order valence-corrected chi connectivity index (χ4v) is 1.42. The van der Waals surface area contributed by atoms with E-state index in [0.29, 0.717) is 12.5 Å². The van der Waals surface area contributed by atoms with E-state index in [1.165, 1.54) is 0 Å². The third kappa shape index (κ3) is 4.63. The molecule has 0 aliphatic heterocycles. The Hall–Kier alpha value is -1.75. The summed E-state index contributed by atoms with van der Waals surface area (Å²) >= 11 is 0. The fraction of sp³-hybridized carbons (Fsp3) is 0.462. The predicted octanol–water partition coefficient (Wildman–Crippen LogP) is 1.37. The lowest BCUT2D eigenvalue weighted by Gasteiger charge is -2.12.